The van der Waals surface area contributed by atoms with Crippen molar-refractivity contribution in [1.29, 1.82) is 21.9 Å². The Morgan fingerprint density at radius 1 is 0.338 bits per heavy atom. The van der Waals surface area contributed by atoms with E-state index >= 15 is 0 Å². The van der Waals surface area contributed by atoms with Crippen LogP contribution in [0.5, 0.6) is 0 Å². The van der Waals surface area contributed by atoms with E-state index < -0.39 is 0 Å². The second-order valence-corrected chi connectivity index (χ2v) is 14.4. The molecule has 0 atom stereocenters. The Morgan fingerprint density at radius 2 is 0.535 bits per heavy atom. The molecule has 0 aromatic carbocycles. The van der Waals surface area contributed by atoms with Crippen LogP contribution in [0.2, 0.25) is 0 Å². The summed E-state index contributed by atoms with van der Waals surface area (Å²) >= 11 is 0. The van der Waals surface area contributed by atoms with Crippen molar-refractivity contribution in [2.45, 2.75) is 116 Å². The molecule has 0 aliphatic rings. The van der Waals surface area contributed by atoms with Gasteiger partial charge >= 0.3 is 0 Å². The van der Waals surface area contributed by atoms with Crippen molar-refractivity contribution in [3.8, 4) is 6.07 Å². The van der Waals surface area contributed by atoms with E-state index in [1.807, 2.05) is 0 Å². The van der Waals surface area contributed by atoms with Crippen molar-refractivity contribution in [2.24, 2.45) is 110 Å². The van der Waals surface area contributed by atoms with Crippen LogP contribution in [0.25, 0.3) is 0 Å². The van der Waals surface area contributed by atoms with E-state index in [2.05, 4.69) is 103 Å². The second-order valence-electron chi connectivity index (χ2n) is 14.4. The lowest BCUT2D eigenvalue weighted by Gasteiger charge is -2.06. The first kappa shape index (κ1) is 83.5. The van der Waals surface area contributed by atoms with Crippen LogP contribution in [-0.4, -0.2) is 131 Å². The number of allylic oxidation sites excluding steroid dienone is 1. The summed E-state index contributed by atoms with van der Waals surface area (Å²) in [5.41, 5.74) is 60.5. The third-order valence-corrected chi connectivity index (χ3v) is 8.26. The van der Waals surface area contributed by atoms with E-state index in [9.17, 15) is 0 Å². The summed E-state index contributed by atoms with van der Waals surface area (Å²) < 4.78 is 0. The van der Waals surface area contributed by atoms with Gasteiger partial charge in [-0.05, 0) is 252 Å². The third-order valence-electron chi connectivity index (χ3n) is 8.26. The molecule has 0 radical (unpaired) electrons. The molecule has 0 saturated carbocycles. The number of nitriles is 1. The average molecular weight is 1030 g/mol. The molecule has 31 N–H and O–H groups in total. The lowest BCUT2D eigenvalue weighted by Crippen LogP contribution is -2.24. The topological polar surface area (TPSA) is 565 Å². The van der Waals surface area contributed by atoms with E-state index in [1.54, 1.807) is 6.07 Å². The van der Waals surface area contributed by atoms with Crippen molar-refractivity contribution in [3.63, 3.8) is 0 Å². The molecule has 0 aliphatic heterocycles. The summed E-state index contributed by atoms with van der Waals surface area (Å²) in [6.07, 6.45) is 22.5. The maximum Gasteiger partial charge on any atom is 0.0905 e. The van der Waals surface area contributed by atoms with Gasteiger partial charge in [-0.2, -0.15) is 21.9 Å². The largest absolute Gasteiger partial charge is 0.330 e. The van der Waals surface area contributed by atoms with Crippen LogP contribution in [0.15, 0.2) is 59.7 Å². The Morgan fingerprint density at radius 3 is 0.704 bits per heavy atom. The fourth-order valence-electron chi connectivity index (χ4n) is 4.68. The molecule has 426 valence electrons. The minimum atomic E-state index is 0. The molecule has 0 aromatic rings. The molecule has 0 saturated heterocycles. The van der Waals surface area contributed by atoms with E-state index in [-0.39, 0.29) is 1.43 Å². The van der Waals surface area contributed by atoms with Gasteiger partial charge in [-0.15, -0.1) is 0 Å². The molecule has 0 spiro atoms. The van der Waals surface area contributed by atoms with E-state index in [0.717, 1.165) is 182 Å². The van der Waals surface area contributed by atoms with Crippen LogP contribution in [0, 0.1) is 27.9 Å². The summed E-state index contributed by atoms with van der Waals surface area (Å²) in [5, 5.41) is 51.0. The third kappa shape index (κ3) is 146. The Balaban J connectivity index is -0.0000000959. The van der Waals surface area contributed by atoms with Gasteiger partial charge in [0, 0.05) is 7.50 Å². The van der Waals surface area contributed by atoms with Crippen molar-refractivity contribution < 1.29 is 1.43 Å². The zero-order chi connectivity index (χ0) is 54.9. The molecular weight excluding hydrogens is 913 g/mol. The summed E-state index contributed by atoms with van der Waals surface area (Å²) in [6, 6.07) is 1.69. The van der Waals surface area contributed by atoms with E-state index in [4.69, 9.17) is 67.7 Å². The van der Waals surface area contributed by atoms with Crippen LogP contribution >= 0.6 is 0 Å². The molecule has 30 heteroatoms. The number of unbranched alkanes of at least 4 members (excludes halogenated alkanes) is 8. The maximum absolute atomic E-state index is 7.51. The van der Waals surface area contributed by atoms with Gasteiger partial charge in [-0.25, -0.2) is 0 Å². The van der Waals surface area contributed by atoms with Crippen LogP contribution in [0.4, 0.5) is 0 Å². The van der Waals surface area contributed by atoms with Crippen molar-refractivity contribution in [2.75, 3.05) is 131 Å². The van der Waals surface area contributed by atoms with Crippen LogP contribution in [0.3, 0.4) is 0 Å². The van der Waals surface area contributed by atoms with Crippen LogP contribution in [-0.2, 0) is 0 Å². The van der Waals surface area contributed by atoms with Gasteiger partial charge in [0.1, 0.15) is 0 Å². The number of hydrogen-bond acceptors (Lipinski definition) is 21. The minimum absolute atomic E-state index is 0. The predicted octanol–water partition coefficient (Wildman–Crippen LogP) is 1.89. The van der Waals surface area contributed by atoms with Gasteiger partial charge < -0.3 is 95.3 Å². The van der Waals surface area contributed by atoms with Gasteiger partial charge in [0.25, 0.3) is 0 Å². The fourth-order valence-corrected chi connectivity index (χ4v) is 4.68. The van der Waals surface area contributed by atoms with Crippen molar-refractivity contribution in [3.05, 3.63) is 12.7 Å². The van der Waals surface area contributed by atoms with Gasteiger partial charge in [0.05, 0.1) is 6.07 Å². The van der Waals surface area contributed by atoms with Crippen LogP contribution in [0.1, 0.15) is 117 Å². The molecule has 30 nitrogen and oxygen atoms in total. The molecule has 0 amide bonds. The van der Waals surface area contributed by atoms with E-state index in [0.29, 0.717) is 0 Å². The van der Waals surface area contributed by atoms with Gasteiger partial charge in [-0.3, -0.25) is 0 Å². The lowest BCUT2D eigenvalue weighted by molar-refractivity contribution is 0.549. The SMILES string of the molecule is C=CC#N.N/N=N/N.N=N/N=N/N.N=N/N=N/N=N.NCCCCCN.NCCCCCNCCCN.NCCCNCCCCCNCCCN.NCCCNCCCCCNCCCNCCCN.[HH]. The predicted molar refractivity (Wildman–Crippen MR) is 293 cm³/mol. The number of nitrogens with one attached hydrogen (secondary N) is 9. The maximum atomic E-state index is 7.51. The molecule has 0 aromatic heterocycles. The smallest absolute Gasteiger partial charge is 0.0905 e. The van der Waals surface area contributed by atoms with Crippen LogP contribution < -0.4 is 95.3 Å². The molecule has 0 rings (SSSR count). The Bertz CT molecular complexity index is 959. The molecule has 0 fully saturated rings. The first-order valence-corrected chi connectivity index (χ1v) is 25.1. The molecular formula is C41H112N30. The normalized spacial score (nSPS) is 9.85. The summed E-state index contributed by atoms with van der Waals surface area (Å²) in [7, 11) is 0. The summed E-state index contributed by atoms with van der Waals surface area (Å²) in [4.78, 5) is 0. The molecule has 71 heavy (non-hydrogen) atoms. The lowest BCUT2D eigenvalue weighted by atomic mass is 10.2. The minimum Gasteiger partial charge on any atom is -0.330 e. The van der Waals surface area contributed by atoms with Crippen molar-refractivity contribution in [1.82, 2.24) is 31.9 Å². The highest BCUT2D eigenvalue weighted by molar-refractivity contribution is 4.93. The highest BCUT2D eigenvalue weighted by Gasteiger charge is 1.93. The first-order chi connectivity index (χ1) is 34.8. The van der Waals surface area contributed by atoms with Gasteiger partial charge in [0.15, 0.2) is 0 Å². The fraction of sp³-hybridized carbons (Fsp3) is 0.927. The average Bonchev–Trinajstić information content (AvgIpc) is 3.39. The molecule has 0 bridgehead atoms. The van der Waals surface area contributed by atoms with E-state index in [1.165, 1.54) is 70.3 Å². The molecule has 0 heterocycles. The quantitative estimate of drug-likeness (QED) is 0.0136. The molecule has 0 aliphatic carbocycles. The zero-order valence-electron chi connectivity index (χ0n) is 44.0. The number of nitrogens with zero attached hydrogens (tertiary/aromatic N) is 10. The van der Waals surface area contributed by atoms with Gasteiger partial charge in [-0.1, -0.05) is 47.9 Å². The highest BCUT2D eigenvalue weighted by atomic mass is 15.5. The second kappa shape index (κ2) is 107. The Labute approximate surface area is 429 Å². The number of nitrogens with two attached hydrogens (primary N) is 11. The standard InChI is InChI=1S/C14H35N5.C11H28N4.C8H21N3.C5H14N2.C3H3N.H2N6.H3N5.H4N4.H2/c15-7-4-11-17-9-2-1-3-10-18-13-6-14-19-12-5-8-16;12-6-4-10-14-8-2-1-3-9-15-11-5-7-13;9-5-2-1-3-7-11-8-4-6-10;6-4-2-1-3-5-7;1-2-3-4;1-3-5-6-4-2;1-3-5-4-2;1-3-4-2;/h17-19H,1-16H2;14-15H,1-13H2;11H,1-10H2;1-7H2;2H,1H2;1-2H;(H3,1,2,5);(H2,1,4)(H2,2,3);1H/b;;;;;3-1?,4-2?,6-5+;;;. The Kier molecular flexibility index (Phi) is 126. The van der Waals surface area contributed by atoms with Gasteiger partial charge in [0.2, 0.25) is 0 Å². The number of rotatable bonds is 43. The summed E-state index contributed by atoms with van der Waals surface area (Å²) in [5.74, 6) is 13.1. The van der Waals surface area contributed by atoms with Crippen molar-refractivity contribution >= 4 is 0 Å². The zero-order valence-corrected chi connectivity index (χ0v) is 44.0. The summed E-state index contributed by atoms with van der Waals surface area (Å²) in [6.45, 7) is 22.6. The monoisotopic (exact) mass is 1020 g/mol. The number of hydrogen-bond donors (Lipinski definition) is 20. The highest BCUT2D eigenvalue weighted by Crippen LogP contribution is 1.94. The molecule has 0 unspecified atom stereocenters. The Hall–Kier alpha value is -4.33. The first-order valence-electron chi connectivity index (χ1n) is 25.1.